The number of ether oxygens (including phenoxy) is 2. The first-order valence-corrected chi connectivity index (χ1v) is 8.77. The van der Waals surface area contributed by atoms with Crippen LogP contribution in [0, 0.1) is 6.92 Å². The number of amides is 1. The number of benzene rings is 2. The summed E-state index contributed by atoms with van der Waals surface area (Å²) in [5.41, 5.74) is 2.64. The zero-order valence-electron chi connectivity index (χ0n) is 15.6. The number of rotatable bonds is 6. The van der Waals surface area contributed by atoms with Crippen molar-refractivity contribution < 1.29 is 14.3 Å². The number of anilines is 3. The Hall–Kier alpha value is -3.32. The Balaban J connectivity index is 1.76. The molecule has 0 bridgehead atoms. The van der Waals surface area contributed by atoms with Gasteiger partial charge in [0.25, 0.3) is 5.91 Å². The van der Waals surface area contributed by atoms with Crippen LogP contribution in [0.1, 0.15) is 15.9 Å². The van der Waals surface area contributed by atoms with Gasteiger partial charge in [0, 0.05) is 30.2 Å². The molecule has 0 saturated heterocycles. The number of carbonyl (C=O) groups is 1. The van der Waals surface area contributed by atoms with Crippen LogP contribution in [0.5, 0.6) is 11.5 Å². The first-order valence-electron chi connectivity index (χ1n) is 8.39. The summed E-state index contributed by atoms with van der Waals surface area (Å²) < 4.78 is 10.5. The molecule has 8 heteroatoms. The predicted molar refractivity (Wildman–Crippen MR) is 109 cm³/mol. The predicted octanol–water partition coefficient (Wildman–Crippen LogP) is 4.45. The van der Waals surface area contributed by atoms with Crippen LogP contribution in [0.25, 0.3) is 0 Å². The molecule has 2 N–H and O–H groups in total. The van der Waals surface area contributed by atoms with Gasteiger partial charge in [-0.05, 0) is 18.6 Å². The molecule has 0 aliphatic heterocycles. The second-order valence-corrected chi connectivity index (χ2v) is 6.28. The van der Waals surface area contributed by atoms with Gasteiger partial charge in [-0.2, -0.15) is 0 Å². The van der Waals surface area contributed by atoms with E-state index in [2.05, 4.69) is 20.6 Å². The molecule has 0 spiro atoms. The maximum atomic E-state index is 12.4. The topological polar surface area (TPSA) is 85.4 Å². The highest BCUT2D eigenvalue weighted by atomic mass is 35.5. The SMILES string of the molecule is COc1cc(Nc2ncc(C(=O)Nc3ccccc3C)cn2)c(OC)cc1Cl. The molecule has 2 aromatic carbocycles. The Morgan fingerprint density at radius 2 is 1.68 bits per heavy atom. The van der Waals surface area contributed by atoms with Crippen LogP contribution < -0.4 is 20.1 Å². The third-order valence-electron chi connectivity index (χ3n) is 4.03. The quantitative estimate of drug-likeness (QED) is 0.638. The maximum absolute atomic E-state index is 12.4. The summed E-state index contributed by atoms with van der Waals surface area (Å²) in [6.07, 6.45) is 2.89. The zero-order chi connectivity index (χ0) is 20.1. The van der Waals surface area contributed by atoms with Crippen molar-refractivity contribution in [2.75, 3.05) is 24.9 Å². The van der Waals surface area contributed by atoms with E-state index in [0.717, 1.165) is 11.3 Å². The van der Waals surface area contributed by atoms with Crippen LogP contribution in [0.3, 0.4) is 0 Å². The number of hydrogen-bond donors (Lipinski definition) is 2. The third kappa shape index (κ3) is 4.32. The summed E-state index contributed by atoms with van der Waals surface area (Å²) in [6.45, 7) is 1.92. The van der Waals surface area contributed by atoms with Crippen LogP contribution in [0.4, 0.5) is 17.3 Å². The van der Waals surface area contributed by atoms with E-state index in [1.807, 2.05) is 31.2 Å². The van der Waals surface area contributed by atoms with Crippen molar-refractivity contribution in [3.8, 4) is 11.5 Å². The van der Waals surface area contributed by atoms with Gasteiger partial charge in [-0.1, -0.05) is 29.8 Å². The summed E-state index contributed by atoms with van der Waals surface area (Å²) in [7, 11) is 3.05. The Labute approximate surface area is 167 Å². The van der Waals surface area contributed by atoms with Crippen LogP contribution in [-0.2, 0) is 0 Å². The van der Waals surface area contributed by atoms with Crippen molar-refractivity contribution in [2.45, 2.75) is 6.92 Å². The van der Waals surface area contributed by atoms with Crippen molar-refractivity contribution in [2.24, 2.45) is 0 Å². The molecule has 1 amide bonds. The molecule has 144 valence electrons. The van der Waals surface area contributed by atoms with Crippen LogP contribution >= 0.6 is 11.6 Å². The molecule has 28 heavy (non-hydrogen) atoms. The number of nitrogens with one attached hydrogen (secondary N) is 2. The van der Waals surface area contributed by atoms with Gasteiger partial charge in [0.05, 0.1) is 30.5 Å². The second-order valence-electron chi connectivity index (χ2n) is 5.88. The van der Waals surface area contributed by atoms with Gasteiger partial charge in [0.1, 0.15) is 11.5 Å². The molecule has 1 aromatic heterocycles. The Morgan fingerprint density at radius 1 is 1.00 bits per heavy atom. The lowest BCUT2D eigenvalue weighted by Crippen LogP contribution is -2.13. The van der Waals surface area contributed by atoms with Crippen LogP contribution in [0.15, 0.2) is 48.8 Å². The molecular weight excluding hydrogens is 380 g/mol. The van der Waals surface area contributed by atoms with Gasteiger partial charge >= 0.3 is 0 Å². The highest BCUT2D eigenvalue weighted by Gasteiger charge is 2.13. The minimum Gasteiger partial charge on any atom is -0.495 e. The summed E-state index contributed by atoms with van der Waals surface area (Å²) in [5, 5.41) is 6.30. The van der Waals surface area contributed by atoms with Gasteiger partial charge in [-0.15, -0.1) is 0 Å². The highest BCUT2D eigenvalue weighted by Crippen LogP contribution is 2.36. The average molecular weight is 399 g/mol. The van der Waals surface area contributed by atoms with Gasteiger partial charge in [0.2, 0.25) is 5.95 Å². The number of nitrogens with zero attached hydrogens (tertiary/aromatic N) is 2. The fraction of sp³-hybridized carbons (Fsp3) is 0.150. The molecule has 7 nitrogen and oxygen atoms in total. The zero-order valence-corrected chi connectivity index (χ0v) is 16.4. The van der Waals surface area contributed by atoms with Crippen molar-refractivity contribution in [1.82, 2.24) is 9.97 Å². The summed E-state index contributed by atoms with van der Waals surface area (Å²) in [6, 6.07) is 10.8. The summed E-state index contributed by atoms with van der Waals surface area (Å²) in [5.74, 6) is 1.01. The molecule has 1 heterocycles. The number of methoxy groups -OCH3 is 2. The van der Waals surface area contributed by atoms with Crippen LogP contribution in [-0.4, -0.2) is 30.1 Å². The fourth-order valence-corrected chi connectivity index (χ4v) is 2.73. The summed E-state index contributed by atoms with van der Waals surface area (Å²) in [4.78, 5) is 20.8. The second kappa shape index (κ2) is 8.58. The Morgan fingerprint density at radius 3 is 2.32 bits per heavy atom. The van der Waals surface area contributed by atoms with E-state index in [1.165, 1.54) is 26.6 Å². The van der Waals surface area contributed by atoms with E-state index in [4.69, 9.17) is 21.1 Å². The normalized spacial score (nSPS) is 10.3. The van der Waals surface area contributed by atoms with E-state index < -0.39 is 0 Å². The molecular formula is C20H19ClN4O3. The fourth-order valence-electron chi connectivity index (χ4n) is 2.50. The van der Waals surface area contributed by atoms with Gasteiger partial charge < -0.3 is 20.1 Å². The summed E-state index contributed by atoms with van der Waals surface area (Å²) >= 11 is 6.11. The molecule has 0 radical (unpaired) electrons. The van der Waals surface area contributed by atoms with Crippen molar-refractivity contribution in [3.63, 3.8) is 0 Å². The third-order valence-corrected chi connectivity index (χ3v) is 4.32. The first-order chi connectivity index (χ1) is 13.5. The molecule has 0 fully saturated rings. The molecule has 0 atom stereocenters. The number of halogens is 1. The standard InChI is InChI=1S/C20H19ClN4O3/c1-12-6-4-5-7-15(12)24-19(26)13-10-22-20(23-11-13)25-16-9-17(27-2)14(21)8-18(16)28-3/h4-11H,1-3H3,(H,24,26)(H,22,23,25). The highest BCUT2D eigenvalue weighted by molar-refractivity contribution is 6.32. The van der Waals surface area contributed by atoms with Crippen molar-refractivity contribution in [3.05, 3.63) is 64.9 Å². The number of hydrogen-bond acceptors (Lipinski definition) is 6. The van der Waals surface area contributed by atoms with E-state index in [0.29, 0.717) is 33.7 Å². The Bertz CT molecular complexity index is 993. The van der Waals surface area contributed by atoms with Gasteiger partial charge in [0.15, 0.2) is 0 Å². The number of carbonyl (C=O) groups excluding carboxylic acids is 1. The molecule has 3 aromatic rings. The van der Waals surface area contributed by atoms with Gasteiger partial charge in [-0.25, -0.2) is 9.97 Å². The van der Waals surface area contributed by atoms with E-state index in [9.17, 15) is 4.79 Å². The van der Waals surface area contributed by atoms with Crippen molar-refractivity contribution in [1.29, 1.82) is 0 Å². The minimum absolute atomic E-state index is 0.286. The van der Waals surface area contributed by atoms with E-state index in [1.54, 1.807) is 12.1 Å². The van der Waals surface area contributed by atoms with E-state index >= 15 is 0 Å². The lowest BCUT2D eigenvalue weighted by Gasteiger charge is -2.13. The monoisotopic (exact) mass is 398 g/mol. The lowest BCUT2D eigenvalue weighted by molar-refractivity contribution is 0.102. The molecule has 0 aliphatic rings. The maximum Gasteiger partial charge on any atom is 0.258 e. The van der Waals surface area contributed by atoms with E-state index in [-0.39, 0.29) is 5.91 Å². The van der Waals surface area contributed by atoms with Gasteiger partial charge in [-0.3, -0.25) is 4.79 Å². The molecule has 3 rings (SSSR count). The lowest BCUT2D eigenvalue weighted by atomic mass is 10.2. The molecule has 0 saturated carbocycles. The molecule has 0 aliphatic carbocycles. The van der Waals surface area contributed by atoms with Crippen LogP contribution in [0.2, 0.25) is 5.02 Å². The number of para-hydroxylation sites is 1. The first kappa shape index (κ1) is 19.4. The number of aromatic nitrogens is 2. The average Bonchev–Trinajstić information content (AvgIpc) is 2.71. The largest absolute Gasteiger partial charge is 0.495 e. The number of aryl methyl sites for hydroxylation is 1. The Kier molecular flexibility index (Phi) is 5.96. The minimum atomic E-state index is -0.286. The smallest absolute Gasteiger partial charge is 0.258 e. The molecule has 0 unspecified atom stereocenters. The van der Waals surface area contributed by atoms with Crippen molar-refractivity contribution >= 4 is 34.8 Å².